The van der Waals surface area contributed by atoms with Crippen LogP contribution in [-0.2, 0) is 4.79 Å². The van der Waals surface area contributed by atoms with Gasteiger partial charge in [0, 0.05) is 6.42 Å². The van der Waals surface area contributed by atoms with Crippen LogP contribution in [0.4, 0.5) is 0 Å². The maximum absolute atomic E-state index is 10.8. The fourth-order valence-corrected chi connectivity index (χ4v) is 1.80. The molecule has 0 aliphatic heterocycles. The molecule has 0 saturated heterocycles. The number of hydrogen-bond acceptors (Lipinski definition) is 2. The van der Waals surface area contributed by atoms with Crippen LogP contribution < -0.4 is 4.74 Å². The molecule has 1 rings (SSSR count). The van der Waals surface area contributed by atoms with Crippen molar-refractivity contribution in [3.63, 3.8) is 0 Å². The number of hydrogen-bond donors (Lipinski definition) is 0. The van der Waals surface area contributed by atoms with Gasteiger partial charge in [-0.25, -0.2) is 0 Å². The molecule has 0 heterocycles. The molecule has 0 N–H and O–H groups in total. The summed E-state index contributed by atoms with van der Waals surface area (Å²) < 4.78 is 5.17. The van der Waals surface area contributed by atoms with E-state index in [9.17, 15) is 4.79 Å². The van der Waals surface area contributed by atoms with Gasteiger partial charge in [-0.1, -0.05) is 19.1 Å². The van der Waals surface area contributed by atoms with E-state index < -0.39 is 0 Å². The van der Waals surface area contributed by atoms with Crippen molar-refractivity contribution in [3.05, 3.63) is 29.3 Å². The first-order chi connectivity index (χ1) is 7.04. The number of carbonyl (C=O) groups is 1. The third-order valence-corrected chi connectivity index (χ3v) is 2.61. The van der Waals surface area contributed by atoms with Crippen molar-refractivity contribution in [1.82, 2.24) is 0 Å². The van der Waals surface area contributed by atoms with Crippen molar-refractivity contribution in [2.45, 2.75) is 26.2 Å². The van der Waals surface area contributed by atoms with E-state index in [4.69, 9.17) is 16.3 Å². The van der Waals surface area contributed by atoms with Crippen LogP contribution in [0.2, 0.25) is 0 Å². The largest absolute Gasteiger partial charge is 0.496 e. The molecule has 0 radical (unpaired) electrons. The lowest BCUT2D eigenvalue weighted by atomic mass is 9.96. The lowest BCUT2D eigenvalue weighted by molar-refractivity contribution is -0.111. The summed E-state index contributed by atoms with van der Waals surface area (Å²) in [5.41, 5.74) is 2.19. The molecule has 82 valence electrons. The number of benzene rings is 1. The summed E-state index contributed by atoms with van der Waals surface area (Å²) >= 11 is 5.36. The lowest BCUT2D eigenvalue weighted by Gasteiger charge is -2.12. The van der Waals surface area contributed by atoms with Crippen LogP contribution in [-0.4, -0.2) is 12.4 Å². The molecule has 0 bridgehead atoms. The van der Waals surface area contributed by atoms with Crippen molar-refractivity contribution in [2.75, 3.05) is 7.11 Å². The average Bonchev–Trinajstić information content (AvgIpc) is 2.16. The van der Waals surface area contributed by atoms with Crippen LogP contribution in [0.3, 0.4) is 0 Å². The Hall–Kier alpha value is -1.02. The van der Waals surface area contributed by atoms with Gasteiger partial charge < -0.3 is 4.74 Å². The van der Waals surface area contributed by atoms with Crippen molar-refractivity contribution in [3.8, 4) is 5.75 Å². The van der Waals surface area contributed by atoms with E-state index >= 15 is 0 Å². The van der Waals surface area contributed by atoms with Gasteiger partial charge in [-0.3, -0.25) is 4.79 Å². The van der Waals surface area contributed by atoms with Gasteiger partial charge >= 0.3 is 0 Å². The first kappa shape index (κ1) is 12.1. The molecule has 0 aliphatic carbocycles. The highest BCUT2D eigenvalue weighted by Crippen LogP contribution is 2.25. The highest BCUT2D eigenvalue weighted by Gasteiger charge is 2.10. The minimum absolute atomic E-state index is 0.152. The Labute approximate surface area is 95.2 Å². The predicted octanol–water partition coefficient (Wildman–Crippen LogP) is 3.26. The Bertz CT molecular complexity index is 361. The molecule has 15 heavy (non-hydrogen) atoms. The molecule has 0 aromatic heterocycles. The highest BCUT2D eigenvalue weighted by atomic mass is 35.5. The number of halogens is 1. The lowest BCUT2D eigenvalue weighted by Crippen LogP contribution is -1.99. The molecule has 0 spiro atoms. The minimum atomic E-state index is -0.295. The molecular weight excluding hydrogens is 212 g/mol. The minimum Gasteiger partial charge on any atom is -0.496 e. The van der Waals surface area contributed by atoms with Crippen LogP contribution in [0.1, 0.15) is 30.4 Å². The van der Waals surface area contributed by atoms with E-state index in [2.05, 4.69) is 0 Å². The van der Waals surface area contributed by atoms with E-state index in [0.29, 0.717) is 6.42 Å². The first-order valence-corrected chi connectivity index (χ1v) is 5.25. The van der Waals surface area contributed by atoms with E-state index in [-0.39, 0.29) is 11.2 Å². The molecule has 0 amide bonds. The quantitative estimate of drug-likeness (QED) is 0.737. The number of rotatable bonds is 4. The van der Waals surface area contributed by atoms with Gasteiger partial charge in [0.05, 0.1) is 7.11 Å². The van der Waals surface area contributed by atoms with Crippen LogP contribution >= 0.6 is 11.6 Å². The highest BCUT2D eigenvalue weighted by molar-refractivity contribution is 6.63. The van der Waals surface area contributed by atoms with Crippen LogP contribution in [0, 0.1) is 6.92 Å². The third kappa shape index (κ3) is 3.24. The van der Waals surface area contributed by atoms with Crippen molar-refractivity contribution in [2.24, 2.45) is 0 Å². The van der Waals surface area contributed by atoms with Gasteiger partial charge in [-0.05, 0) is 41.6 Å². The Kier molecular flexibility index (Phi) is 4.15. The van der Waals surface area contributed by atoms with Gasteiger partial charge in [0.1, 0.15) is 5.75 Å². The Morgan fingerprint density at radius 2 is 2.20 bits per heavy atom. The second kappa shape index (κ2) is 5.17. The summed E-state index contributed by atoms with van der Waals surface area (Å²) in [5.74, 6) is 1.02. The summed E-state index contributed by atoms with van der Waals surface area (Å²) in [7, 11) is 1.65. The average molecular weight is 227 g/mol. The molecular formula is C12H15ClO2. The van der Waals surface area contributed by atoms with Gasteiger partial charge in [0.25, 0.3) is 0 Å². The van der Waals surface area contributed by atoms with Crippen molar-refractivity contribution < 1.29 is 9.53 Å². The molecule has 1 aromatic rings. The molecule has 0 saturated carbocycles. The van der Waals surface area contributed by atoms with Gasteiger partial charge in [-0.15, -0.1) is 0 Å². The van der Waals surface area contributed by atoms with Crippen LogP contribution in [0.5, 0.6) is 5.75 Å². The predicted molar refractivity (Wildman–Crippen MR) is 61.6 cm³/mol. The summed E-state index contributed by atoms with van der Waals surface area (Å²) in [5, 5.41) is -0.295. The second-order valence-electron chi connectivity index (χ2n) is 3.69. The SMILES string of the molecule is COc1ccc(C(C)CC(=O)Cl)cc1C. The normalized spacial score (nSPS) is 12.3. The van der Waals surface area contributed by atoms with Crippen molar-refractivity contribution in [1.29, 1.82) is 0 Å². The number of methoxy groups -OCH3 is 1. The molecule has 0 fully saturated rings. The van der Waals surface area contributed by atoms with Crippen LogP contribution in [0.15, 0.2) is 18.2 Å². The molecule has 1 unspecified atom stereocenters. The molecule has 1 atom stereocenters. The third-order valence-electron chi connectivity index (χ3n) is 2.45. The van der Waals surface area contributed by atoms with E-state index in [1.54, 1.807) is 7.11 Å². The summed E-state index contributed by atoms with van der Waals surface area (Å²) in [4.78, 5) is 10.8. The summed E-state index contributed by atoms with van der Waals surface area (Å²) in [6.45, 7) is 3.97. The second-order valence-corrected chi connectivity index (χ2v) is 4.11. The van der Waals surface area contributed by atoms with Crippen molar-refractivity contribution >= 4 is 16.8 Å². The monoisotopic (exact) mass is 226 g/mol. The number of ether oxygens (including phenoxy) is 1. The van der Waals surface area contributed by atoms with Gasteiger partial charge in [0.15, 0.2) is 0 Å². The Morgan fingerprint density at radius 1 is 1.53 bits per heavy atom. The maximum Gasteiger partial charge on any atom is 0.222 e. The molecule has 3 heteroatoms. The van der Waals surface area contributed by atoms with Gasteiger partial charge in [0.2, 0.25) is 5.24 Å². The standard InChI is InChI=1S/C12H15ClO2/c1-8(7-12(13)14)10-4-5-11(15-3)9(2)6-10/h4-6,8H,7H2,1-3H3. The first-order valence-electron chi connectivity index (χ1n) is 4.87. The summed E-state index contributed by atoms with van der Waals surface area (Å²) in [6, 6.07) is 5.92. The maximum atomic E-state index is 10.8. The van der Waals surface area contributed by atoms with E-state index in [1.807, 2.05) is 32.0 Å². The zero-order chi connectivity index (χ0) is 11.4. The Balaban J connectivity index is 2.87. The fourth-order valence-electron chi connectivity index (χ4n) is 1.57. The molecule has 0 aliphatic rings. The van der Waals surface area contributed by atoms with Gasteiger partial charge in [-0.2, -0.15) is 0 Å². The topological polar surface area (TPSA) is 26.3 Å². The zero-order valence-electron chi connectivity index (χ0n) is 9.21. The molecule has 1 aromatic carbocycles. The molecule has 2 nitrogen and oxygen atoms in total. The summed E-state index contributed by atoms with van der Waals surface area (Å²) in [6.07, 6.45) is 0.368. The Morgan fingerprint density at radius 3 is 2.67 bits per heavy atom. The van der Waals surface area contributed by atoms with E-state index in [0.717, 1.165) is 16.9 Å². The fraction of sp³-hybridized carbons (Fsp3) is 0.417. The number of aryl methyl sites for hydroxylation is 1. The van der Waals surface area contributed by atoms with Crippen LogP contribution in [0.25, 0.3) is 0 Å². The smallest absolute Gasteiger partial charge is 0.222 e. The number of carbonyl (C=O) groups excluding carboxylic acids is 1. The van der Waals surface area contributed by atoms with E-state index in [1.165, 1.54) is 0 Å². The zero-order valence-corrected chi connectivity index (χ0v) is 9.97.